The Hall–Kier alpha value is -1.71. The van der Waals surface area contributed by atoms with Crippen LogP contribution in [0.4, 0.5) is 0 Å². The molecule has 60 valence electrons. The third-order valence-electron chi connectivity index (χ3n) is 1.82. The number of aliphatic imine (C=N–C) groups is 2. The average molecular weight is 161 g/mol. The third-order valence-corrected chi connectivity index (χ3v) is 1.82. The molecular formula is C8H7N3O. The summed E-state index contributed by atoms with van der Waals surface area (Å²) in [5.41, 5.74) is 7.47. The standard InChI is InChI=1S/C8H7N3O/c9-8(12)7-1-5-2-10-3-6(5)4-11-7/h2-4H,1H2,(H2,9,12). The van der Waals surface area contributed by atoms with E-state index in [9.17, 15) is 4.79 Å². The zero-order chi connectivity index (χ0) is 8.55. The van der Waals surface area contributed by atoms with E-state index >= 15 is 0 Å². The van der Waals surface area contributed by atoms with E-state index in [2.05, 4.69) is 9.98 Å². The molecule has 0 spiro atoms. The molecule has 0 aromatic carbocycles. The van der Waals surface area contributed by atoms with Crippen LogP contribution in [-0.4, -0.2) is 17.8 Å². The summed E-state index contributed by atoms with van der Waals surface area (Å²) in [6.07, 6.45) is 5.56. The minimum Gasteiger partial charge on any atom is -0.365 e. The smallest absolute Gasteiger partial charge is 0.263 e. The van der Waals surface area contributed by atoms with Crippen molar-refractivity contribution in [2.24, 2.45) is 15.7 Å². The summed E-state index contributed by atoms with van der Waals surface area (Å²) in [4.78, 5) is 18.6. The number of primary amides is 1. The maximum atomic E-state index is 10.7. The summed E-state index contributed by atoms with van der Waals surface area (Å²) in [7, 11) is 0. The second kappa shape index (κ2) is 2.41. The SMILES string of the molecule is NC(=O)C1=NC=C2C=NC=C2C1. The van der Waals surface area contributed by atoms with Crippen LogP contribution in [-0.2, 0) is 4.79 Å². The highest BCUT2D eigenvalue weighted by Gasteiger charge is 2.17. The largest absolute Gasteiger partial charge is 0.365 e. The molecule has 2 aliphatic rings. The molecule has 0 aliphatic carbocycles. The normalized spacial score (nSPS) is 19.5. The lowest BCUT2D eigenvalue weighted by molar-refractivity contribution is -0.112. The fourth-order valence-electron chi connectivity index (χ4n) is 1.15. The number of hydrogen-bond acceptors (Lipinski definition) is 3. The van der Waals surface area contributed by atoms with Gasteiger partial charge in [-0.05, 0) is 5.57 Å². The van der Waals surface area contributed by atoms with Crippen LogP contribution in [0.15, 0.2) is 33.5 Å². The summed E-state index contributed by atoms with van der Waals surface area (Å²) in [6.45, 7) is 0. The molecule has 2 N–H and O–H groups in total. The zero-order valence-corrected chi connectivity index (χ0v) is 6.32. The van der Waals surface area contributed by atoms with Gasteiger partial charge < -0.3 is 5.73 Å². The average Bonchev–Trinajstić information content (AvgIpc) is 2.49. The Kier molecular flexibility index (Phi) is 1.40. The molecule has 1 amide bonds. The van der Waals surface area contributed by atoms with Crippen molar-refractivity contribution in [3.8, 4) is 0 Å². The molecule has 4 nitrogen and oxygen atoms in total. The highest BCUT2D eigenvalue weighted by Crippen LogP contribution is 2.22. The molecule has 0 saturated carbocycles. The van der Waals surface area contributed by atoms with Gasteiger partial charge in [0.05, 0.1) is 0 Å². The quantitative estimate of drug-likeness (QED) is 0.585. The fourth-order valence-corrected chi connectivity index (χ4v) is 1.15. The van der Waals surface area contributed by atoms with E-state index in [1.165, 1.54) is 0 Å². The van der Waals surface area contributed by atoms with E-state index in [1.54, 1.807) is 18.6 Å². The Balaban J connectivity index is 2.33. The van der Waals surface area contributed by atoms with Crippen molar-refractivity contribution in [1.82, 2.24) is 0 Å². The van der Waals surface area contributed by atoms with Crippen molar-refractivity contribution < 1.29 is 4.79 Å². The second-order valence-electron chi connectivity index (χ2n) is 2.63. The van der Waals surface area contributed by atoms with Gasteiger partial charge in [-0.3, -0.25) is 14.8 Å². The molecule has 2 aliphatic heterocycles. The van der Waals surface area contributed by atoms with Gasteiger partial charge in [0.15, 0.2) is 0 Å². The number of fused-ring (bicyclic) bond motifs is 1. The van der Waals surface area contributed by atoms with Crippen LogP contribution in [0.2, 0.25) is 0 Å². The Morgan fingerprint density at radius 3 is 3.08 bits per heavy atom. The lowest BCUT2D eigenvalue weighted by Crippen LogP contribution is -2.24. The van der Waals surface area contributed by atoms with Crippen LogP contribution < -0.4 is 5.73 Å². The van der Waals surface area contributed by atoms with E-state index in [0.717, 1.165) is 11.1 Å². The van der Waals surface area contributed by atoms with Gasteiger partial charge in [-0.2, -0.15) is 0 Å². The third kappa shape index (κ3) is 0.972. The maximum absolute atomic E-state index is 10.7. The molecular weight excluding hydrogens is 154 g/mol. The Labute approximate surface area is 69.2 Å². The Morgan fingerprint density at radius 1 is 1.50 bits per heavy atom. The van der Waals surface area contributed by atoms with Crippen LogP contribution in [0.3, 0.4) is 0 Å². The Morgan fingerprint density at radius 2 is 2.33 bits per heavy atom. The first-order valence-electron chi connectivity index (χ1n) is 3.56. The van der Waals surface area contributed by atoms with Gasteiger partial charge in [-0.25, -0.2) is 0 Å². The highest BCUT2D eigenvalue weighted by atomic mass is 16.1. The molecule has 0 atom stereocenters. The van der Waals surface area contributed by atoms with Gasteiger partial charge in [0.2, 0.25) is 0 Å². The number of allylic oxidation sites excluding steroid dienone is 2. The fraction of sp³-hybridized carbons (Fsp3) is 0.125. The predicted molar refractivity (Wildman–Crippen MR) is 45.9 cm³/mol. The first-order chi connectivity index (χ1) is 5.77. The van der Waals surface area contributed by atoms with Crippen molar-refractivity contribution in [3.05, 3.63) is 23.5 Å². The summed E-state index contributed by atoms with van der Waals surface area (Å²) >= 11 is 0. The molecule has 0 aromatic heterocycles. The van der Waals surface area contributed by atoms with Gasteiger partial charge in [0, 0.05) is 30.6 Å². The van der Waals surface area contributed by atoms with Crippen LogP contribution >= 0.6 is 0 Å². The number of carbonyl (C=O) groups excluding carboxylic acids is 1. The van der Waals surface area contributed by atoms with Crippen molar-refractivity contribution in [3.63, 3.8) is 0 Å². The first-order valence-corrected chi connectivity index (χ1v) is 3.56. The summed E-state index contributed by atoms with van der Waals surface area (Å²) in [5, 5.41) is 0. The molecule has 0 aromatic rings. The lowest BCUT2D eigenvalue weighted by atomic mass is 10.0. The summed E-state index contributed by atoms with van der Waals surface area (Å²) in [5.74, 6) is -0.460. The Bertz CT molecular complexity index is 360. The lowest BCUT2D eigenvalue weighted by Gasteiger charge is -2.08. The van der Waals surface area contributed by atoms with E-state index < -0.39 is 5.91 Å². The van der Waals surface area contributed by atoms with E-state index in [1.807, 2.05) is 0 Å². The van der Waals surface area contributed by atoms with Crippen LogP contribution in [0, 0.1) is 0 Å². The highest BCUT2D eigenvalue weighted by molar-refractivity contribution is 6.39. The number of amides is 1. The van der Waals surface area contributed by atoms with Crippen LogP contribution in [0.25, 0.3) is 0 Å². The molecule has 12 heavy (non-hydrogen) atoms. The first kappa shape index (κ1) is 6.97. The van der Waals surface area contributed by atoms with Gasteiger partial charge in [-0.15, -0.1) is 0 Å². The van der Waals surface area contributed by atoms with Gasteiger partial charge in [0.1, 0.15) is 5.71 Å². The van der Waals surface area contributed by atoms with E-state index in [4.69, 9.17) is 5.73 Å². The van der Waals surface area contributed by atoms with Crippen molar-refractivity contribution in [2.75, 3.05) is 0 Å². The molecule has 4 heteroatoms. The van der Waals surface area contributed by atoms with Crippen LogP contribution in [0.5, 0.6) is 0 Å². The van der Waals surface area contributed by atoms with E-state index in [-0.39, 0.29) is 0 Å². The second-order valence-corrected chi connectivity index (χ2v) is 2.63. The number of nitrogens with zero attached hydrogens (tertiary/aromatic N) is 2. The van der Waals surface area contributed by atoms with Crippen molar-refractivity contribution in [1.29, 1.82) is 0 Å². The van der Waals surface area contributed by atoms with Gasteiger partial charge in [-0.1, -0.05) is 0 Å². The van der Waals surface area contributed by atoms with Crippen molar-refractivity contribution in [2.45, 2.75) is 6.42 Å². The van der Waals surface area contributed by atoms with Crippen LogP contribution in [0.1, 0.15) is 6.42 Å². The molecule has 0 unspecified atom stereocenters. The molecule has 0 fully saturated rings. The minimum atomic E-state index is -0.460. The molecule has 2 heterocycles. The molecule has 0 saturated heterocycles. The predicted octanol–water partition coefficient (Wildman–Crippen LogP) is 0.169. The molecule has 0 radical (unpaired) electrons. The monoisotopic (exact) mass is 161 g/mol. The number of hydrogen-bond donors (Lipinski definition) is 1. The number of rotatable bonds is 1. The zero-order valence-electron chi connectivity index (χ0n) is 6.32. The van der Waals surface area contributed by atoms with Gasteiger partial charge in [0.25, 0.3) is 5.91 Å². The summed E-state index contributed by atoms with van der Waals surface area (Å²) < 4.78 is 0. The molecule has 0 bridgehead atoms. The number of nitrogens with two attached hydrogens (primary N) is 1. The molecule has 2 rings (SSSR count). The minimum absolute atomic E-state index is 0.399. The maximum Gasteiger partial charge on any atom is 0.263 e. The van der Waals surface area contributed by atoms with Crippen molar-refractivity contribution >= 4 is 17.8 Å². The van der Waals surface area contributed by atoms with Gasteiger partial charge >= 0.3 is 0 Å². The van der Waals surface area contributed by atoms with E-state index in [0.29, 0.717) is 12.1 Å². The number of carbonyl (C=O) groups is 1. The topological polar surface area (TPSA) is 67.8 Å². The summed E-state index contributed by atoms with van der Waals surface area (Å²) in [6, 6.07) is 0.